The summed E-state index contributed by atoms with van der Waals surface area (Å²) < 4.78 is 37.3. The number of ether oxygens (including phenoxy) is 6. The fourth-order valence-corrected chi connectivity index (χ4v) is 10.6. The number of nitrogens with zero attached hydrogens (tertiary/aromatic N) is 3. The summed E-state index contributed by atoms with van der Waals surface area (Å²) in [6.07, 6.45) is 11.0. The molecule has 2 fully saturated rings. The molecule has 73 heavy (non-hydrogen) atoms. The molecule has 6 aromatic rings. The van der Waals surface area contributed by atoms with Gasteiger partial charge in [-0.05, 0) is 144 Å². The molecule has 15 heteroatoms. The van der Waals surface area contributed by atoms with Gasteiger partial charge in [-0.1, -0.05) is 12.1 Å². The molecule has 6 heterocycles. The number of nitrogens with one attached hydrogen (secondary N) is 1. The van der Waals surface area contributed by atoms with Crippen LogP contribution < -0.4 is 24.3 Å². The molecular formula is C58H68N4O11. The van der Waals surface area contributed by atoms with Crippen molar-refractivity contribution in [3.8, 4) is 23.0 Å². The molecule has 0 amide bonds. The number of aromatic nitrogens is 2. The smallest absolute Gasteiger partial charge is 0.337 e. The number of benzene rings is 4. The summed E-state index contributed by atoms with van der Waals surface area (Å²) in [5.74, 6) is 2.09. The molecule has 4 aliphatic heterocycles. The second-order valence-electron chi connectivity index (χ2n) is 20.3. The van der Waals surface area contributed by atoms with Crippen LogP contribution >= 0.6 is 0 Å². The van der Waals surface area contributed by atoms with Crippen molar-refractivity contribution in [2.45, 2.75) is 102 Å². The lowest BCUT2D eigenvalue weighted by molar-refractivity contribution is -0.107. The zero-order chi connectivity index (χ0) is 52.0. The van der Waals surface area contributed by atoms with Crippen molar-refractivity contribution in [3.05, 3.63) is 119 Å². The number of ketones is 2. The first-order valence-electron chi connectivity index (χ1n) is 25.2. The zero-order valence-corrected chi connectivity index (χ0v) is 43.3. The van der Waals surface area contributed by atoms with Crippen LogP contribution in [-0.4, -0.2) is 116 Å². The predicted octanol–water partition coefficient (Wildman–Crippen LogP) is 9.59. The highest BCUT2D eigenvalue weighted by Crippen LogP contribution is 2.42. The Balaban J connectivity index is 0.000000161. The van der Waals surface area contributed by atoms with Gasteiger partial charge in [0, 0.05) is 72.7 Å². The molecule has 2 aromatic heterocycles. The fourth-order valence-electron chi connectivity index (χ4n) is 10.6. The van der Waals surface area contributed by atoms with Gasteiger partial charge in [-0.15, -0.1) is 0 Å². The summed E-state index contributed by atoms with van der Waals surface area (Å²) in [7, 11) is 6.02. The molecule has 1 N–H and O–H groups in total. The van der Waals surface area contributed by atoms with Crippen LogP contribution in [0.4, 0.5) is 0 Å². The number of piperidine rings is 2. The van der Waals surface area contributed by atoms with Gasteiger partial charge in [-0.25, -0.2) is 9.59 Å². The third-order valence-corrected chi connectivity index (χ3v) is 14.3. The molecule has 0 aliphatic carbocycles. The van der Waals surface area contributed by atoms with E-state index >= 15 is 0 Å². The fraction of sp³-hybridized carbons (Fsp3) is 0.431. The third-order valence-electron chi connectivity index (χ3n) is 14.3. The topological polar surface area (TPSA) is 166 Å². The summed E-state index contributed by atoms with van der Waals surface area (Å²) in [6, 6.07) is 23.7. The number of carbonyl (C=O) groups is 5. The molecular weight excluding hydrogens is 929 g/mol. The van der Waals surface area contributed by atoms with Gasteiger partial charge in [0.25, 0.3) is 0 Å². The first-order valence-corrected chi connectivity index (χ1v) is 25.2. The normalized spacial score (nSPS) is 17.4. The van der Waals surface area contributed by atoms with Crippen molar-refractivity contribution >= 4 is 51.6 Å². The maximum Gasteiger partial charge on any atom is 0.337 e. The Morgan fingerprint density at radius 2 is 1.11 bits per heavy atom. The van der Waals surface area contributed by atoms with Gasteiger partial charge in [0.1, 0.15) is 40.5 Å². The lowest BCUT2D eigenvalue weighted by Crippen LogP contribution is -2.37. The summed E-state index contributed by atoms with van der Waals surface area (Å²) in [5.41, 5.74) is 5.13. The highest BCUT2D eigenvalue weighted by atomic mass is 16.5. The molecule has 2 saturated heterocycles. The minimum atomic E-state index is -0.548. The van der Waals surface area contributed by atoms with Crippen molar-refractivity contribution < 1.29 is 52.4 Å². The van der Waals surface area contributed by atoms with Crippen LogP contribution in [0.5, 0.6) is 23.0 Å². The number of Topliss-reactive ketones (excluding diaryl/α,β-unsaturated/α-hetero) is 2. The molecule has 0 atom stereocenters. The van der Waals surface area contributed by atoms with Gasteiger partial charge in [-0.2, -0.15) is 0 Å². The molecule has 0 radical (unpaired) electrons. The number of hydrogen-bond donors (Lipinski definition) is 1. The van der Waals surface area contributed by atoms with Crippen LogP contribution in [0.25, 0.3) is 21.8 Å². The van der Waals surface area contributed by atoms with Crippen molar-refractivity contribution in [3.63, 3.8) is 0 Å². The maximum absolute atomic E-state index is 12.7. The number of hydrogen-bond acceptors (Lipinski definition) is 13. The van der Waals surface area contributed by atoms with Crippen LogP contribution in [0.15, 0.2) is 85.2 Å². The predicted molar refractivity (Wildman–Crippen MR) is 279 cm³/mol. The Bertz CT molecular complexity index is 3010. The van der Waals surface area contributed by atoms with Gasteiger partial charge in [0.2, 0.25) is 0 Å². The largest absolute Gasteiger partial charge is 0.496 e. The summed E-state index contributed by atoms with van der Waals surface area (Å²) in [6.45, 7) is 12.6. The summed E-state index contributed by atoms with van der Waals surface area (Å²) in [5, 5.41) is 5.68. The molecule has 4 aromatic carbocycles. The monoisotopic (exact) mass is 996 g/mol. The summed E-state index contributed by atoms with van der Waals surface area (Å²) >= 11 is 0. The van der Waals surface area contributed by atoms with Gasteiger partial charge in [0.05, 0.1) is 63.5 Å². The van der Waals surface area contributed by atoms with Crippen LogP contribution in [0.3, 0.4) is 0 Å². The highest BCUT2D eigenvalue weighted by molar-refractivity contribution is 6.02. The molecule has 0 spiro atoms. The van der Waals surface area contributed by atoms with Gasteiger partial charge in [0.15, 0.2) is 11.6 Å². The Morgan fingerprint density at radius 3 is 1.58 bits per heavy atom. The van der Waals surface area contributed by atoms with Crippen LogP contribution in [-0.2, 0) is 27.1 Å². The quantitative estimate of drug-likeness (QED) is 0.0964. The van der Waals surface area contributed by atoms with Crippen LogP contribution in [0.2, 0.25) is 0 Å². The molecule has 4 aliphatic rings. The lowest BCUT2D eigenvalue weighted by Gasteiger charge is -2.35. The van der Waals surface area contributed by atoms with Crippen LogP contribution in [0, 0.1) is 0 Å². The number of aldehydes is 1. The Hall–Kier alpha value is -6.97. The molecule has 386 valence electrons. The minimum Gasteiger partial charge on any atom is -0.496 e. The average molecular weight is 997 g/mol. The molecule has 0 saturated carbocycles. The van der Waals surface area contributed by atoms with E-state index in [9.17, 15) is 24.0 Å². The molecule has 0 bridgehead atoms. The Kier molecular flexibility index (Phi) is 16.1. The van der Waals surface area contributed by atoms with Crippen LogP contribution in [0.1, 0.15) is 131 Å². The molecule has 15 nitrogen and oxygen atoms in total. The van der Waals surface area contributed by atoms with E-state index in [1.165, 1.54) is 26.7 Å². The first-order chi connectivity index (χ1) is 35.1. The van der Waals surface area contributed by atoms with Crippen molar-refractivity contribution in [1.82, 2.24) is 19.4 Å². The zero-order valence-electron chi connectivity index (χ0n) is 43.3. The Morgan fingerprint density at radius 1 is 0.644 bits per heavy atom. The highest BCUT2D eigenvalue weighted by Gasteiger charge is 2.36. The van der Waals surface area contributed by atoms with E-state index < -0.39 is 11.2 Å². The van der Waals surface area contributed by atoms with E-state index in [0.29, 0.717) is 70.0 Å². The number of methoxy groups -OCH3 is 4. The second kappa shape index (κ2) is 22.4. The number of carbonyl (C=O) groups excluding carboxylic acids is 5. The first kappa shape index (κ1) is 52.4. The lowest BCUT2D eigenvalue weighted by atomic mass is 9.90. The third kappa shape index (κ3) is 11.6. The van der Waals surface area contributed by atoms with E-state index in [1.54, 1.807) is 19.2 Å². The minimum absolute atomic E-state index is 0.0380. The standard InChI is InChI=1S/C29H34N2O5.C15H18N2O2.C14H16O4/c1-29(2)18-25(32)22-7-8-26(34-3)23(27(22)36-29)12-15-30-13-10-21(11-14-30)31-16-9-19-5-6-20(17-24(19)31)28(33)35-4;1-19-15(18)12-3-2-11-6-9-17(14(11)10-12)13-4-7-16-8-5-13;1-14(2)8-11(16)9-4-5-12(17-3)10(6-7-15)13(9)18-14/h5-9,16-17,21H,10-15,18H2,1-4H3;2-3,6,9-10,13,16H,4-5,7-8H2,1H3;4-5,7H,6,8H2,1-3H3. The van der Waals surface area contributed by atoms with Gasteiger partial charge in [-0.3, -0.25) is 9.59 Å². The van der Waals surface area contributed by atoms with Crippen molar-refractivity contribution in [2.24, 2.45) is 0 Å². The SMILES string of the molecule is COC(=O)c1ccc2ccn(C3CCN(CCc4c(OC)ccc5c4OC(C)(C)CC5=O)CC3)c2c1.COC(=O)c1ccc2ccn(C3CCNCC3)c2c1.COc1ccc2c(c1CC=O)OC(C)(C)CC2=O. The summed E-state index contributed by atoms with van der Waals surface area (Å²) in [4.78, 5) is 61.6. The molecule has 10 rings (SSSR count). The van der Waals surface area contributed by atoms with E-state index in [0.717, 1.165) is 98.8 Å². The van der Waals surface area contributed by atoms with E-state index in [1.807, 2.05) is 76.2 Å². The maximum atomic E-state index is 12.7. The second-order valence-corrected chi connectivity index (χ2v) is 20.3. The van der Waals surface area contributed by atoms with E-state index in [2.05, 4.69) is 43.9 Å². The van der Waals surface area contributed by atoms with E-state index in [-0.39, 0.29) is 29.9 Å². The average Bonchev–Trinajstić information content (AvgIpc) is 4.02. The molecule has 0 unspecified atom stereocenters. The number of likely N-dealkylation sites (tertiary alicyclic amines) is 1. The van der Waals surface area contributed by atoms with Crippen molar-refractivity contribution in [1.29, 1.82) is 0 Å². The van der Waals surface area contributed by atoms with Crippen molar-refractivity contribution in [2.75, 3.05) is 61.2 Å². The number of fused-ring (bicyclic) bond motifs is 4. The number of esters is 2. The van der Waals surface area contributed by atoms with Gasteiger partial charge < -0.3 is 52.6 Å². The van der Waals surface area contributed by atoms with E-state index in [4.69, 9.17) is 28.4 Å². The Labute approximate surface area is 427 Å². The number of rotatable bonds is 11. The van der Waals surface area contributed by atoms with Gasteiger partial charge >= 0.3 is 11.9 Å².